The number of anilines is 2. The molecule has 6 aromatic rings. The third-order valence-electron chi connectivity index (χ3n) is 10.3. The Kier molecular flexibility index (Phi) is 14.1. The molecule has 2 aliphatic heterocycles. The van der Waals surface area contributed by atoms with Crippen molar-refractivity contribution >= 4 is 62.3 Å². The highest BCUT2D eigenvalue weighted by Gasteiger charge is 2.42. The van der Waals surface area contributed by atoms with Crippen LogP contribution < -0.4 is 9.80 Å². The van der Waals surface area contributed by atoms with Crippen LogP contribution in [0.4, 0.5) is 46.5 Å². The number of alkyl halides is 7. The number of aryl methyl sites for hydroxylation is 1. The van der Waals surface area contributed by atoms with Gasteiger partial charge in [-0.2, -0.15) is 46.7 Å². The number of rotatable bonds is 5. The summed E-state index contributed by atoms with van der Waals surface area (Å²) in [5.74, 6) is -0.974. The van der Waals surface area contributed by atoms with Gasteiger partial charge in [0.25, 0.3) is 5.91 Å². The molecule has 2 amide bonds. The number of piperidine rings is 2. The van der Waals surface area contributed by atoms with Gasteiger partial charge in [0.2, 0.25) is 5.91 Å². The van der Waals surface area contributed by atoms with Gasteiger partial charge in [-0.1, -0.05) is 39.1 Å². The number of hydrogen-bond acceptors (Lipinski definition) is 6. The van der Waals surface area contributed by atoms with Gasteiger partial charge in [-0.05, 0) is 102 Å². The lowest BCUT2D eigenvalue weighted by atomic mass is 10.0. The Labute approximate surface area is 372 Å². The van der Waals surface area contributed by atoms with Crippen molar-refractivity contribution in [1.82, 2.24) is 39.5 Å². The molecule has 336 valence electrons. The minimum Gasteiger partial charge on any atom is -0.308 e. The molecule has 0 bridgehead atoms. The fraction of sp³-hybridized carbons (Fsp3) is 0.350. The maximum absolute atomic E-state index is 13.2. The molecule has 8 rings (SSSR count). The molecule has 23 heteroatoms. The molecule has 2 aromatic carbocycles. The van der Waals surface area contributed by atoms with Crippen molar-refractivity contribution in [1.29, 1.82) is 0 Å². The van der Waals surface area contributed by atoms with E-state index in [0.717, 1.165) is 34.6 Å². The number of carbonyl (C=O) groups is 2. The van der Waals surface area contributed by atoms with E-state index in [1.54, 1.807) is 51.6 Å². The second-order valence-corrected chi connectivity index (χ2v) is 16.3. The highest BCUT2D eigenvalue weighted by atomic mass is 79.9. The minimum absolute atomic E-state index is 0.0722. The number of benzene rings is 2. The van der Waals surface area contributed by atoms with Crippen LogP contribution in [0.2, 0.25) is 10.0 Å². The molecule has 0 spiro atoms. The van der Waals surface area contributed by atoms with Gasteiger partial charge in [0, 0.05) is 13.1 Å². The Bertz CT molecular complexity index is 2590. The Morgan fingerprint density at radius 2 is 1.13 bits per heavy atom. The van der Waals surface area contributed by atoms with Crippen LogP contribution in [0.5, 0.6) is 0 Å². The van der Waals surface area contributed by atoms with Gasteiger partial charge in [-0.25, -0.2) is 18.1 Å². The molecule has 2 atom stereocenters. The van der Waals surface area contributed by atoms with Crippen LogP contribution >= 0.6 is 39.1 Å². The molecular weight excluding hydrogens is 955 g/mol. The maximum atomic E-state index is 13.2. The molecule has 6 heterocycles. The van der Waals surface area contributed by atoms with E-state index in [4.69, 9.17) is 23.2 Å². The van der Waals surface area contributed by atoms with Crippen LogP contribution in [0.25, 0.3) is 11.4 Å². The Morgan fingerprint density at radius 3 is 1.54 bits per heavy atom. The van der Waals surface area contributed by atoms with Crippen molar-refractivity contribution in [2.24, 2.45) is 0 Å². The molecule has 0 aliphatic carbocycles. The second-order valence-electron chi connectivity index (χ2n) is 14.5. The molecule has 2 saturated heterocycles. The zero-order valence-corrected chi connectivity index (χ0v) is 36.8. The monoisotopic (exact) mass is 990 g/mol. The van der Waals surface area contributed by atoms with Crippen LogP contribution in [0.3, 0.4) is 0 Å². The third kappa shape index (κ3) is 10.1. The zero-order valence-electron chi connectivity index (χ0n) is 33.7. The van der Waals surface area contributed by atoms with Crippen molar-refractivity contribution in [3.8, 4) is 11.4 Å². The van der Waals surface area contributed by atoms with Gasteiger partial charge in [0.05, 0.1) is 72.8 Å². The largest absolute Gasteiger partial charge is 0.436 e. The van der Waals surface area contributed by atoms with Crippen molar-refractivity contribution in [2.75, 3.05) is 22.9 Å². The van der Waals surface area contributed by atoms with E-state index >= 15 is 0 Å². The van der Waals surface area contributed by atoms with Crippen LogP contribution in [0.15, 0.2) is 60.9 Å². The summed E-state index contributed by atoms with van der Waals surface area (Å²) in [6.45, 7) is 7.61. The molecular formula is C40H37BrCl2F8N10O2. The van der Waals surface area contributed by atoms with Gasteiger partial charge in [-0.3, -0.25) is 19.4 Å². The lowest BCUT2D eigenvalue weighted by Gasteiger charge is -2.32. The van der Waals surface area contributed by atoms with Crippen LogP contribution in [0.1, 0.15) is 65.9 Å². The van der Waals surface area contributed by atoms with Gasteiger partial charge in [0.1, 0.15) is 17.7 Å². The third-order valence-corrected chi connectivity index (χ3v) is 12.0. The second kappa shape index (κ2) is 18.8. The molecule has 0 saturated carbocycles. The van der Waals surface area contributed by atoms with E-state index < -0.39 is 34.8 Å². The predicted octanol–water partition coefficient (Wildman–Crippen LogP) is 10.5. The molecule has 2 fully saturated rings. The number of halogens is 11. The van der Waals surface area contributed by atoms with Gasteiger partial charge in [-0.15, -0.1) is 0 Å². The summed E-state index contributed by atoms with van der Waals surface area (Å²) in [6, 6.07) is 11.0. The highest BCUT2D eigenvalue weighted by molar-refractivity contribution is 9.10. The number of hydrogen-bond donors (Lipinski definition) is 1. The quantitative estimate of drug-likeness (QED) is 0.136. The van der Waals surface area contributed by atoms with E-state index in [1.165, 1.54) is 49.2 Å². The first kappa shape index (κ1) is 47.2. The average molecular weight is 993 g/mol. The SMILES string of the molecule is Cc1[nH]nc(C(F)(F)F)c1Cl.Cc1c(N2CCCC(Br)C2=O)cnn1-c1ccc(F)cc1.Cc1c(N2CCCC(n3nc(C(F)(F)F)c(Cl)c3C)C2=O)cnn1-c1ccc(F)cc1. The molecule has 12 nitrogen and oxygen atoms in total. The topological polar surface area (TPSA) is 123 Å². The van der Waals surface area contributed by atoms with E-state index in [1.807, 2.05) is 6.92 Å². The normalized spacial score (nSPS) is 17.1. The van der Waals surface area contributed by atoms with Crippen molar-refractivity contribution < 1.29 is 44.7 Å². The van der Waals surface area contributed by atoms with Crippen LogP contribution in [0, 0.1) is 39.3 Å². The Hall–Kier alpha value is -5.28. The minimum atomic E-state index is -4.71. The number of carbonyl (C=O) groups excluding carboxylic acids is 2. The van der Waals surface area contributed by atoms with E-state index in [2.05, 4.69) is 41.4 Å². The summed E-state index contributed by atoms with van der Waals surface area (Å²) in [4.78, 5) is 28.6. The van der Waals surface area contributed by atoms with Crippen molar-refractivity contribution in [3.63, 3.8) is 0 Å². The van der Waals surface area contributed by atoms with Crippen molar-refractivity contribution in [3.05, 3.63) is 117 Å². The molecule has 2 unspecified atom stereocenters. The van der Waals surface area contributed by atoms with E-state index in [0.29, 0.717) is 43.0 Å². The molecule has 0 radical (unpaired) electrons. The summed E-state index contributed by atoms with van der Waals surface area (Å²) in [5, 5.41) is 16.5. The number of amides is 2. The molecule has 2 aliphatic rings. The fourth-order valence-electron chi connectivity index (χ4n) is 7.00. The summed E-state index contributed by atoms with van der Waals surface area (Å²) >= 11 is 14.6. The van der Waals surface area contributed by atoms with Gasteiger partial charge >= 0.3 is 12.4 Å². The average Bonchev–Trinajstić information content (AvgIpc) is 3.98. The molecule has 4 aromatic heterocycles. The highest BCUT2D eigenvalue weighted by Crippen LogP contribution is 2.39. The van der Waals surface area contributed by atoms with Gasteiger partial charge in [0.15, 0.2) is 11.4 Å². The first-order valence-corrected chi connectivity index (χ1v) is 20.7. The van der Waals surface area contributed by atoms with Crippen LogP contribution in [-0.4, -0.2) is 69.3 Å². The summed E-state index contributed by atoms with van der Waals surface area (Å²) < 4.78 is 106. The first-order chi connectivity index (χ1) is 29.6. The number of aromatic nitrogens is 8. The number of nitrogens with zero attached hydrogens (tertiary/aromatic N) is 9. The van der Waals surface area contributed by atoms with Gasteiger partial charge < -0.3 is 9.80 Å². The fourth-order valence-corrected chi connectivity index (χ4v) is 7.99. The molecule has 1 N–H and O–H groups in total. The maximum Gasteiger partial charge on any atom is 0.436 e. The Balaban J connectivity index is 0.000000177. The number of nitrogens with one attached hydrogen (secondary N) is 1. The van der Waals surface area contributed by atoms with E-state index in [9.17, 15) is 44.7 Å². The lowest BCUT2D eigenvalue weighted by Crippen LogP contribution is -2.43. The van der Waals surface area contributed by atoms with Crippen LogP contribution in [-0.2, 0) is 21.9 Å². The summed E-state index contributed by atoms with van der Waals surface area (Å²) in [6.07, 6.45) is -3.24. The predicted molar refractivity (Wildman–Crippen MR) is 222 cm³/mol. The lowest BCUT2D eigenvalue weighted by molar-refractivity contribution is -0.142. The van der Waals surface area contributed by atoms with E-state index in [-0.39, 0.29) is 44.7 Å². The Morgan fingerprint density at radius 1 is 0.667 bits per heavy atom. The summed E-state index contributed by atoms with van der Waals surface area (Å²) in [7, 11) is 0. The first-order valence-electron chi connectivity index (χ1n) is 19.1. The van der Waals surface area contributed by atoms with Crippen molar-refractivity contribution in [2.45, 2.75) is 76.6 Å². The summed E-state index contributed by atoms with van der Waals surface area (Å²) in [5.41, 5.74) is 2.32. The standard InChI is InChI=1S/C20H18ClF4N5O.C15H15BrFN3O.C5H4ClF3N2/c1-11-16(10-26-29(11)14-7-5-13(22)6-8-14)28-9-3-4-15(19(28)31)30-12(2)17(21)18(27-30)20(23,24)25;1-10-14(19-8-2-3-13(16)15(19)21)9-18-20(10)12-6-4-11(17)5-7-12;1-2-3(6)4(11-10-2)5(7,8)9/h5-8,10,15H,3-4,9H2,1-2H3;4-7,9,13H,2-3,8H2,1H3;1H3,(H,10,11). The number of H-pyrrole nitrogens is 1. The zero-order chi connectivity index (χ0) is 46.1. The molecule has 63 heavy (non-hydrogen) atoms. The smallest absolute Gasteiger partial charge is 0.308 e. The number of aromatic amines is 1.